The number of carbonyl (C=O) groups is 3. The summed E-state index contributed by atoms with van der Waals surface area (Å²) >= 11 is 0. The van der Waals surface area contributed by atoms with Crippen LogP contribution in [0.5, 0.6) is 0 Å². The van der Waals surface area contributed by atoms with Crippen LogP contribution in [0.1, 0.15) is 45.5 Å². The Morgan fingerprint density at radius 3 is 2.38 bits per heavy atom. The van der Waals surface area contributed by atoms with Gasteiger partial charge in [0.1, 0.15) is 11.6 Å². The van der Waals surface area contributed by atoms with Crippen molar-refractivity contribution in [3.05, 3.63) is 95.1 Å². The standard InChI is InChI=1S/C30H30F2N4O3/c31-23-9-5-20(6-10-23)19-33-29(38)26-18-25(34-28(37)21-7-8-21)11-12-27(26)35-13-2-14-36(16-15-35)30(39)22-3-1-4-24(32)17-22/h1,3-6,9-12,17-18,21H,2,7-8,13-16,19H2,(H,33,38)(H,34,37). The fraction of sp³-hybridized carbons (Fsp3) is 0.300. The summed E-state index contributed by atoms with van der Waals surface area (Å²) in [6, 6.07) is 16.9. The molecule has 1 saturated heterocycles. The van der Waals surface area contributed by atoms with Gasteiger partial charge in [0.25, 0.3) is 11.8 Å². The van der Waals surface area contributed by atoms with Gasteiger partial charge in [-0.15, -0.1) is 0 Å². The Balaban J connectivity index is 1.34. The fourth-order valence-electron chi connectivity index (χ4n) is 4.71. The van der Waals surface area contributed by atoms with Crippen LogP contribution in [-0.4, -0.2) is 48.8 Å². The van der Waals surface area contributed by atoms with Crippen LogP contribution in [0, 0.1) is 17.6 Å². The number of hydrogen-bond acceptors (Lipinski definition) is 4. The quantitative estimate of drug-likeness (QED) is 0.466. The second-order valence-electron chi connectivity index (χ2n) is 9.95. The fourth-order valence-corrected chi connectivity index (χ4v) is 4.71. The summed E-state index contributed by atoms with van der Waals surface area (Å²) in [7, 11) is 0. The van der Waals surface area contributed by atoms with Crippen molar-refractivity contribution in [2.45, 2.75) is 25.8 Å². The van der Waals surface area contributed by atoms with Crippen LogP contribution in [0.25, 0.3) is 0 Å². The SMILES string of the molecule is O=C(NCc1ccc(F)cc1)c1cc(NC(=O)C2CC2)ccc1N1CCCN(C(=O)c2cccc(F)c2)CC1. The van der Waals surface area contributed by atoms with Crippen molar-refractivity contribution in [3.63, 3.8) is 0 Å². The predicted octanol–water partition coefficient (Wildman–Crippen LogP) is 4.60. The lowest BCUT2D eigenvalue weighted by Crippen LogP contribution is -2.36. The van der Waals surface area contributed by atoms with Crippen molar-refractivity contribution in [2.75, 3.05) is 36.4 Å². The number of nitrogens with zero attached hydrogens (tertiary/aromatic N) is 2. The Labute approximate surface area is 225 Å². The molecule has 39 heavy (non-hydrogen) atoms. The second-order valence-corrected chi connectivity index (χ2v) is 9.95. The molecular formula is C30H30F2N4O3. The molecule has 0 bridgehead atoms. The molecule has 202 valence electrons. The lowest BCUT2D eigenvalue weighted by atomic mass is 10.1. The summed E-state index contributed by atoms with van der Waals surface area (Å²) in [5.41, 5.74) is 2.69. The van der Waals surface area contributed by atoms with Gasteiger partial charge in [-0.25, -0.2) is 8.78 Å². The molecular weight excluding hydrogens is 502 g/mol. The van der Waals surface area contributed by atoms with E-state index in [0.717, 1.165) is 18.4 Å². The van der Waals surface area contributed by atoms with E-state index >= 15 is 0 Å². The topological polar surface area (TPSA) is 81.8 Å². The average Bonchev–Trinajstić information content (AvgIpc) is 3.80. The monoisotopic (exact) mass is 532 g/mol. The second kappa shape index (κ2) is 11.6. The molecule has 0 aromatic heterocycles. The smallest absolute Gasteiger partial charge is 0.254 e. The zero-order valence-corrected chi connectivity index (χ0v) is 21.5. The number of anilines is 2. The van der Waals surface area contributed by atoms with Crippen LogP contribution in [0.2, 0.25) is 0 Å². The maximum atomic E-state index is 13.7. The van der Waals surface area contributed by atoms with Gasteiger partial charge in [-0.05, 0) is 73.4 Å². The van der Waals surface area contributed by atoms with Crippen LogP contribution >= 0.6 is 0 Å². The van der Waals surface area contributed by atoms with E-state index in [1.807, 2.05) is 6.07 Å². The van der Waals surface area contributed by atoms with Gasteiger partial charge in [0.2, 0.25) is 5.91 Å². The molecule has 2 fully saturated rings. The van der Waals surface area contributed by atoms with Gasteiger partial charge in [-0.1, -0.05) is 18.2 Å². The first-order valence-electron chi connectivity index (χ1n) is 13.1. The van der Waals surface area contributed by atoms with E-state index in [4.69, 9.17) is 0 Å². The highest BCUT2D eigenvalue weighted by molar-refractivity contribution is 6.02. The maximum absolute atomic E-state index is 13.7. The Hall–Kier alpha value is -4.27. The molecule has 3 amide bonds. The van der Waals surface area contributed by atoms with Crippen molar-refractivity contribution in [1.29, 1.82) is 0 Å². The van der Waals surface area contributed by atoms with Crippen LogP contribution in [0.3, 0.4) is 0 Å². The third kappa shape index (κ3) is 6.60. The third-order valence-electron chi connectivity index (χ3n) is 7.02. The highest BCUT2D eigenvalue weighted by atomic mass is 19.1. The van der Waals surface area contributed by atoms with Gasteiger partial charge in [-0.3, -0.25) is 14.4 Å². The number of rotatable bonds is 7. The molecule has 2 aliphatic rings. The third-order valence-corrected chi connectivity index (χ3v) is 7.02. The molecule has 0 unspecified atom stereocenters. The van der Waals surface area contributed by atoms with E-state index < -0.39 is 5.82 Å². The Morgan fingerprint density at radius 2 is 1.64 bits per heavy atom. The Morgan fingerprint density at radius 1 is 0.846 bits per heavy atom. The predicted molar refractivity (Wildman–Crippen MR) is 144 cm³/mol. The van der Waals surface area contributed by atoms with Crippen LogP contribution in [0.15, 0.2) is 66.7 Å². The highest BCUT2D eigenvalue weighted by Crippen LogP contribution is 2.31. The number of amides is 3. The number of carbonyl (C=O) groups excluding carboxylic acids is 3. The molecule has 9 heteroatoms. The zero-order chi connectivity index (χ0) is 27.4. The van der Waals surface area contributed by atoms with E-state index in [-0.39, 0.29) is 36.0 Å². The normalized spacial score (nSPS) is 15.4. The van der Waals surface area contributed by atoms with E-state index in [2.05, 4.69) is 15.5 Å². The zero-order valence-electron chi connectivity index (χ0n) is 21.5. The van der Waals surface area contributed by atoms with Crippen molar-refractivity contribution in [1.82, 2.24) is 10.2 Å². The molecule has 5 rings (SSSR count). The molecule has 1 heterocycles. The number of hydrogen-bond donors (Lipinski definition) is 2. The van der Waals surface area contributed by atoms with Gasteiger partial charge in [0, 0.05) is 55.6 Å². The van der Waals surface area contributed by atoms with Gasteiger partial charge in [0.15, 0.2) is 0 Å². The first-order valence-corrected chi connectivity index (χ1v) is 13.1. The van der Waals surface area contributed by atoms with E-state index in [1.54, 1.807) is 35.2 Å². The molecule has 2 N–H and O–H groups in total. The lowest BCUT2D eigenvalue weighted by Gasteiger charge is -2.26. The summed E-state index contributed by atoms with van der Waals surface area (Å²) in [5, 5.41) is 5.80. The summed E-state index contributed by atoms with van der Waals surface area (Å²) in [4.78, 5) is 42.5. The van der Waals surface area contributed by atoms with Crippen LogP contribution < -0.4 is 15.5 Å². The van der Waals surface area contributed by atoms with Crippen LogP contribution in [0.4, 0.5) is 20.2 Å². The number of benzene rings is 3. The highest BCUT2D eigenvalue weighted by Gasteiger charge is 2.30. The van der Waals surface area contributed by atoms with E-state index in [9.17, 15) is 23.2 Å². The van der Waals surface area contributed by atoms with Gasteiger partial charge in [-0.2, -0.15) is 0 Å². The van der Waals surface area contributed by atoms with Gasteiger partial charge < -0.3 is 20.4 Å². The molecule has 0 radical (unpaired) electrons. The van der Waals surface area contributed by atoms with Crippen molar-refractivity contribution in [2.24, 2.45) is 5.92 Å². The Kier molecular flexibility index (Phi) is 7.86. The van der Waals surface area contributed by atoms with E-state index in [0.29, 0.717) is 55.1 Å². The largest absolute Gasteiger partial charge is 0.369 e. The summed E-state index contributed by atoms with van der Waals surface area (Å²) < 4.78 is 26.9. The summed E-state index contributed by atoms with van der Waals surface area (Å²) in [6.07, 6.45) is 2.40. The molecule has 0 atom stereocenters. The number of nitrogens with one attached hydrogen (secondary N) is 2. The minimum atomic E-state index is -0.456. The molecule has 1 aliphatic heterocycles. The average molecular weight is 533 g/mol. The van der Waals surface area contributed by atoms with E-state index in [1.165, 1.54) is 30.3 Å². The molecule has 3 aromatic carbocycles. The Bertz CT molecular complexity index is 1370. The molecule has 0 spiro atoms. The van der Waals surface area contributed by atoms with Crippen molar-refractivity contribution < 1.29 is 23.2 Å². The molecule has 1 aliphatic carbocycles. The summed E-state index contributed by atoms with van der Waals surface area (Å²) in [6.45, 7) is 2.22. The van der Waals surface area contributed by atoms with Crippen LogP contribution in [-0.2, 0) is 11.3 Å². The minimum absolute atomic E-state index is 0.0210. The van der Waals surface area contributed by atoms with Crippen molar-refractivity contribution >= 4 is 29.1 Å². The lowest BCUT2D eigenvalue weighted by molar-refractivity contribution is -0.117. The van der Waals surface area contributed by atoms with Crippen molar-refractivity contribution in [3.8, 4) is 0 Å². The maximum Gasteiger partial charge on any atom is 0.254 e. The minimum Gasteiger partial charge on any atom is -0.369 e. The molecule has 3 aromatic rings. The first kappa shape index (κ1) is 26.3. The molecule has 1 saturated carbocycles. The first-order chi connectivity index (χ1) is 18.9. The summed E-state index contributed by atoms with van der Waals surface area (Å²) in [5.74, 6) is -1.39. The van der Waals surface area contributed by atoms with Gasteiger partial charge in [0.05, 0.1) is 5.56 Å². The molecule has 7 nitrogen and oxygen atoms in total. The van der Waals surface area contributed by atoms with Gasteiger partial charge >= 0.3 is 0 Å². The number of halogens is 2.